The van der Waals surface area contributed by atoms with Crippen molar-refractivity contribution in [1.29, 1.82) is 0 Å². The molecule has 1 N–H and O–H groups in total. The number of oxazole rings is 1. The van der Waals surface area contributed by atoms with E-state index in [1.807, 2.05) is 26.1 Å². The zero-order chi connectivity index (χ0) is 11.5. The zero-order valence-corrected chi connectivity index (χ0v) is 10.8. The predicted molar refractivity (Wildman–Crippen MR) is 67.1 cm³/mol. The molecule has 2 rings (SSSR count). The molecule has 16 heavy (non-hydrogen) atoms. The highest BCUT2D eigenvalue weighted by Crippen LogP contribution is 2.24. The van der Waals surface area contributed by atoms with Gasteiger partial charge >= 0.3 is 0 Å². The lowest BCUT2D eigenvalue weighted by Gasteiger charge is -2.00. The van der Waals surface area contributed by atoms with Gasteiger partial charge < -0.3 is 9.73 Å². The number of aryl methyl sites for hydroxylation is 1. The van der Waals surface area contributed by atoms with Crippen molar-refractivity contribution < 1.29 is 4.42 Å². The van der Waals surface area contributed by atoms with Crippen LogP contribution in [0, 0.1) is 6.92 Å². The smallest absolute Gasteiger partial charge is 0.226 e. The van der Waals surface area contributed by atoms with E-state index in [2.05, 4.69) is 32.3 Å². The fourth-order valence-electron chi connectivity index (χ4n) is 1.48. The Labute approximate surface area is 103 Å². The van der Waals surface area contributed by atoms with Gasteiger partial charge in [-0.15, -0.1) is 0 Å². The fourth-order valence-corrected chi connectivity index (χ4v) is 1.73. The average Bonchev–Trinajstić information content (AvgIpc) is 2.71. The second-order valence-corrected chi connectivity index (χ2v) is 4.49. The Balaban J connectivity index is 2.31. The van der Waals surface area contributed by atoms with Gasteiger partial charge in [-0.25, -0.2) is 4.98 Å². The van der Waals surface area contributed by atoms with Gasteiger partial charge in [-0.1, -0.05) is 15.9 Å². The van der Waals surface area contributed by atoms with Crippen LogP contribution in [0.4, 0.5) is 0 Å². The largest absolute Gasteiger partial charge is 0.444 e. The van der Waals surface area contributed by atoms with Crippen LogP contribution in [0.25, 0.3) is 11.5 Å². The van der Waals surface area contributed by atoms with Crippen LogP contribution in [0.1, 0.15) is 11.3 Å². The van der Waals surface area contributed by atoms with Gasteiger partial charge in [0.2, 0.25) is 5.89 Å². The molecule has 2 aromatic rings. The monoisotopic (exact) mass is 280 g/mol. The number of aromatic nitrogens is 1. The first-order valence-corrected chi connectivity index (χ1v) is 5.85. The normalized spacial score (nSPS) is 10.7. The van der Waals surface area contributed by atoms with Crippen LogP contribution in [0.3, 0.4) is 0 Å². The Hall–Kier alpha value is -1.13. The van der Waals surface area contributed by atoms with Crippen LogP contribution in [0.5, 0.6) is 0 Å². The SMILES string of the molecule is CNCc1coc(-c2ccc(Br)c(C)c2)n1. The maximum atomic E-state index is 5.43. The highest BCUT2D eigenvalue weighted by Gasteiger charge is 2.07. The molecule has 1 aromatic carbocycles. The van der Waals surface area contributed by atoms with Gasteiger partial charge in [0.25, 0.3) is 0 Å². The topological polar surface area (TPSA) is 38.1 Å². The minimum atomic E-state index is 0.667. The molecule has 0 aliphatic carbocycles. The minimum Gasteiger partial charge on any atom is -0.444 e. The highest BCUT2D eigenvalue weighted by atomic mass is 79.9. The van der Waals surface area contributed by atoms with Crippen molar-refractivity contribution >= 4 is 15.9 Å². The third kappa shape index (κ3) is 2.33. The Morgan fingerprint density at radius 2 is 2.25 bits per heavy atom. The van der Waals surface area contributed by atoms with Gasteiger partial charge in [-0.2, -0.15) is 0 Å². The molecule has 0 spiro atoms. The molecule has 3 nitrogen and oxygen atoms in total. The molecule has 1 heterocycles. The summed E-state index contributed by atoms with van der Waals surface area (Å²) in [6.45, 7) is 2.77. The third-order valence-corrected chi connectivity index (χ3v) is 3.20. The van der Waals surface area contributed by atoms with Crippen molar-refractivity contribution in [2.45, 2.75) is 13.5 Å². The molecule has 0 amide bonds. The summed E-state index contributed by atoms with van der Waals surface area (Å²) < 4.78 is 6.53. The first-order chi connectivity index (χ1) is 7.70. The zero-order valence-electron chi connectivity index (χ0n) is 9.25. The summed E-state index contributed by atoms with van der Waals surface area (Å²) in [4.78, 5) is 4.40. The number of nitrogens with one attached hydrogen (secondary N) is 1. The summed E-state index contributed by atoms with van der Waals surface area (Å²) in [6.07, 6.45) is 1.68. The summed E-state index contributed by atoms with van der Waals surface area (Å²) in [5, 5.41) is 3.04. The summed E-state index contributed by atoms with van der Waals surface area (Å²) in [5.41, 5.74) is 3.09. The van der Waals surface area contributed by atoms with E-state index in [-0.39, 0.29) is 0 Å². The van der Waals surface area contributed by atoms with Crippen LogP contribution in [0.15, 0.2) is 33.4 Å². The molecule has 0 saturated carbocycles. The minimum absolute atomic E-state index is 0.667. The quantitative estimate of drug-likeness (QED) is 0.939. The molecule has 1 aromatic heterocycles. The van der Waals surface area contributed by atoms with Gasteiger partial charge in [0, 0.05) is 16.6 Å². The van der Waals surface area contributed by atoms with Gasteiger partial charge in [-0.05, 0) is 37.7 Å². The lowest BCUT2D eigenvalue weighted by atomic mass is 10.1. The van der Waals surface area contributed by atoms with E-state index in [0.717, 1.165) is 22.3 Å². The maximum Gasteiger partial charge on any atom is 0.226 e. The first-order valence-electron chi connectivity index (χ1n) is 5.06. The van der Waals surface area contributed by atoms with Gasteiger partial charge in [0.15, 0.2) is 0 Å². The average molecular weight is 281 g/mol. The van der Waals surface area contributed by atoms with Crippen LogP contribution < -0.4 is 5.32 Å². The first kappa shape index (κ1) is 11.4. The maximum absolute atomic E-state index is 5.43. The highest BCUT2D eigenvalue weighted by molar-refractivity contribution is 9.10. The van der Waals surface area contributed by atoms with Crippen LogP contribution in [0.2, 0.25) is 0 Å². The lowest BCUT2D eigenvalue weighted by molar-refractivity contribution is 0.571. The number of hydrogen-bond donors (Lipinski definition) is 1. The van der Waals surface area contributed by atoms with E-state index < -0.39 is 0 Å². The molecule has 0 unspecified atom stereocenters. The molecule has 4 heteroatoms. The molecule has 0 aliphatic heterocycles. The molecule has 0 atom stereocenters. The molecule has 84 valence electrons. The second-order valence-electron chi connectivity index (χ2n) is 3.64. The van der Waals surface area contributed by atoms with E-state index in [9.17, 15) is 0 Å². The third-order valence-electron chi connectivity index (χ3n) is 2.31. The number of halogens is 1. The molecule has 0 aliphatic rings. The molecule has 0 saturated heterocycles. The summed E-state index contributed by atoms with van der Waals surface area (Å²) in [6, 6.07) is 6.05. The van der Waals surface area contributed by atoms with Crippen molar-refractivity contribution in [1.82, 2.24) is 10.3 Å². The molecule has 0 radical (unpaired) electrons. The van der Waals surface area contributed by atoms with Gasteiger partial charge in [-0.3, -0.25) is 0 Å². The van der Waals surface area contributed by atoms with Crippen molar-refractivity contribution in [3.05, 3.63) is 40.2 Å². The Morgan fingerprint density at radius 3 is 2.94 bits per heavy atom. The molecule has 0 fully saturated rings. The second kappa shape index (κ2) is 4.80. The number of rotatable bonds is 3. The lowest BCUT2D eigenvalue weighted by Crippen LogP contribution is -2.04. The molecular weight excluding hydrogens is 268 g/mol. The Morgan fingerprint density at radius 1 is 1.44 bits per heavy atom. The molecule has 0 bridgehead atoms. The summed E-state index contributed by atoms with van der Waals surface area (Å²) in [5.74, 6) is 0.667. The van der Waals surface area contributed by atoms with Crippen molar-refractivity contribution in [3.8, 4) is 11.5 Å². The number of hydrogen-bond acceptors (Lipinski definition) is 3. The number of nitrogens with zero attached hydrogens (tertiary/aromatic N) is 1. The van der Waals surface area contributed by atoms with E-state index in [1.54, 1.807) is 6.26 Å². The molecular formula is C12H13BrN2O. The van der Waals surface area contributed by atoms with E-state index in [1.165, 1.54) is 5.56 Å². The van der Waals surface area contributed by atoms with Crippen LogP contribution >= 0.6 is 15.9 Å². The van der Waals surface area contributed by atoms with Crippen molar-refractivity contribution in [2.75, 3.05) is 7.05 Å². The van der Waals surface area contributed by atoms with E-state index in [0.29, 0.717) is 5.89 Å². The standard InChI is InChI=1S/C12H13BrN2O/c1-8-5-9(3-4-11(8)13)12-15-10(6-14-2)7-16-12/h3-5,7,14H,6H2,1-2H3. The van der Waals surface area contributed by atoms with Crippen molar-refractivity contribution in [3.63, 3.8) is 0 Å². The van der Waals surface area contributed by atoms with Crippen LogP contribution in [-0.2, 0) is 6.54 Å². The van der Waals surface area contributed by atoms with E-state index >= 15 is 0 Å². The predicted octanol–water partition coefficient (Wildman–Crippen LogP) is 3.13. The fraction of sp³-hybridized carbons (Fsp3) is 0.250. The Bertz CT molecular complexity index is 494. The van der Waals surface area contributed by atoms with Crippen LogP contribution in [-0.4, -0.2) is 12.0 Å². The number of benzene rings is 1. The van der Waals surface area contributed by atoms with Gasteiger partial charge in [0.05, 0.1) is 5.69 Å². The van der Waals surface area contributed by atoms with E-state index in [4.69, 9.17) is 4.42 Å². The Kier molecular flexibility index (Phi) is 3.41. The summed E-state index contributed by atoms with van der Waals surface area (Å²) in [7, 11) is 1.89. The van der Waals surface area contributed by atoms with Crippen molar-refractivity contribution in [2.24, 2.45) is 0 Å². The summed E-state index contributed by atoms with van der Waals surface area (Å²) >= 11 is 3.47. The van der Waals surface area contributed by atoms with Gasteiger partial charge in [0.1, 0.15) is 6.26 Å².